The summed E-state index contributed by atoms with van der Waals surface area (Å²) in [5, 5.41) is 18.3. The Bertz CT molecular complexity index is 995. The highest BCUT2D eigenvalue weighted by Crippen LogP contribution is 2.28. The second-order valence-electron chi connectivity index (χ2n) is 7.17. The summed E-state index contributed by atoms with van der Waals surface area (Å²) in [6.45, 7) is 7.89. The average molecular weight is 347 g/mol. The zero-order valence-electron chi connectivity index (χ0n) is 15.2. The van der Waals surface area contributed by atoms with E-state index in [-0.39, 0.29) is 11.1 Å². The lowest BCUT2D eigenvalue weighted by Crippen LogP contribution is -2.40. The van der Waals surface area contributed by atoms with Crippen molar-refractivity contribution < 1.29 is 0 Å². The van der Waals surface area contributed by atoms with Crippen LogP contribution in [-0.4, -0.2) is 22.5 Å². The summed E-state index contributed by atoms with van der Waals surface area (Å²) in [5.74, 6) is 1.53. The lowest BCUT2D eigenvalue weighted by atomic mass is 9.91. The molecule has 0 N–H and O–H groups in total. The summed E-state index contributed by atoms with van der Waals surface area (Å²) in [6, 6.07) is 7.39. The van der Waals surface area contributed by atoms with Crippen molar-refractivity contribution in [1.82, 2.24) is 9.38 Å². The topological polar surface area (TPSA) is 85.2 Å². The van der Waals surface area contributed by atoms with Crippen LogP contribution in [0, 0.1) is 41.4 Å². The van der Waals surface area contributed by atoms with Gasteiger partial charge in [-0.3, -0.25) is 9.20 Å². The van der Waals surface area contributed by atoms with Crippen molar-refractivity contribution >= 4 is 17.5 Å². The molecule has 0 unspecified atom stereocenters. The summed E-state index contributed by atoms with van der Waals surface area (Å²) < 4.78 is 1.48. The van der Waals surface area contributed by atoms with Gasteiger partial charge in [-0.2, -0.15) is 10.5 Å². The zero-order chi connectivity index (χ0) is 18.8. The number of hydrogen-bond donors (Lipinski definition) is 0. The zero-order valence-corrected chi connectivity index (χ0v) is 15.2. The first-order valence-electron chi connectivity index (χ1n) is 8.73. The number of fused-ring (bicyclic) bond motifs is 1. The average Bonchev–Trinajstić information content (AvgIpc) is 2.60. The first-order valence-corrected chi connectivity index (χ1v) is 8.73. The number of hydrogen-bond acceptors (Lipinski definition) is 5. The van der Waals surface area contributed by atoms with E-state index in [1.807, 2.05) is 25.1 Å². The van der Waals surface area contributed by atoms with Crippen molar-refractivity contribution in [2.45, 2.75) is 27.2 Å². The number of rotatable bonds is 2. The van der Waals surface area contributed by atoms with Gasteiger partial charge in [-0.15, -0.1) is 0 Å². The van der Waals surface area contributed by atoms with Crippen LogP contribution in [-0.2, 0) is 0 Å². The molecule has 0 aromatic carbocycles. The Labute approximate surface area is 152 Å². The van der Waals surface area contributed by atoms with Gasteiger partial charge < -0.3 is 4.90 Å². The van der Waals surface area contributed by atoms with Crippen LogP contribution in [0.3, 0.4) is 0 Å². The summed E-state index contributed by atoms with van der Waals surface area (Å²) >= 11 is 0. The molecule has 0 aliphatic carbocycles. The maximum Gasteiger partial charge on any atom is 0.267 e. The van der Waals surface area contributed by atoms with Gasteiger partial charge in [0.25, 0.3) is 5.56 Å². The Hall–Kier alpha value is -3.12. The number of allylic oxidation sites excluding steroid dienone is 1. The monoisotopic (exact) mass is 347 g/mol. The van der Waals surface area contributed by atoms with E-state index in [0.29, 0.717) is 28.9 Å². The SMILES string of the molecule is Cc1cccn2c(=O)c(C=C(C#N)C#N)c(N3C[C@H](C)C[C@H](C)C3)nc12. The molecule has 0 radical (unpaired) electrons. The van der Waals surface area contributed by atoms with Crippen molar-refractivity contribution in [3.05, 3.63) is 45.4 Å². The number of nitriles is 2. The smallest absolute Gasteiger partial charge is 0.267 e. The summed E-state index contributed by atoms with van der Waals surface area (Å²) in [5.41, 5.74) is 1.44. The molecule has 0 bridgehead atoms. The molecular formula is C20H21N5O. The van der Waals surface area contributed by atoms with Crippen molar-refractivity contribution in [3.63, 3.8) is 0 Å². The number of nitrogens with zero attached hydrogens (tertiary/aromatic N) is 5. The Morgan fingerprint density at radius 2 is 1.92 bits per heavy atom. The van der Waals surface area contributed by atoms with Crippen molar-refractivity contribution in [1.29, 1.82) is 10.5 Å². The molecule has 1 aliphatic heterocycles. The first kappa shape index (κ1) is 17.7. The minimum absolute atomic E-state index is 0.101. The molecule has 1 aliphatic rings. The summed E-state index contributed by atoms with van der Waals surface area (Å²) in [6.07, 6.45) is 4.16. The molecule has 6 heteroatoms. The van der Waals surface area contributed by atoms with Gasteiger partial charge in [0, 0.05) is 19.3 Å². The molecule has 0 spiro atoms. The molecule has 3 heterocycles. The third-order valence-corrected chi connectivity index (χ3v) is 4.76. The van der Waals surface area contributed by atoms with Crippen LogP contribution >= 0.6 is 0 Å². The lowest BCUT2D eigenvalue weighted by molar-refractivity contribution is 0.355. The van der Waals surface area contributed by atoms with Crippen LogP contribution in [0.1, 0.15) is 31.4 Å². The van der Waals surface area contributed by atoms with E-state index in [4.69, 9.17) is 15.5 Å². The van der Waals surface area contributed by atoms with E-state index in [1.54, 1.807) is 12.3 Å². The number of piperidine rings is 1. The van der Waals surface area contributed by atoms with E-state index in [1.165, 1.54) is 10.5 Å². The fraction of sp³-hybridized carbons (Fsp3) is 0.400. The molecule has 0 saturated carbocycles. The molecule has 2 aromatic heterocycles. The van der Waals surface area contributed by atoms with E-state index in [9.17, 15) is 4.79 Å². The summed E-state index contributed by atoms with van der Waals surface area (Å²) in [4.78, 5) is 20.0. The number of pyridine rings is 1. The maximum atomic E-state index is 13.1. The van der Waals surface area contributed by atoms with Crippen LogP contribution in [0.15, 0.2) is 28.7 Å². The molecular weight excluding hydrogens is 326 g/mol. The molecule has 2 atom stereocenters. The Morgan fingerprint density at radius 1 is 1.27 bits per heavy atom. The number of aryl methyl sites for hydroxylation is 1. The van der Waals surface area contributed by atoms with Crippen LogP contribution in [0.2, 0.25) is 0 Å². The van der Waals surface area contributed by atoms with Crippen LogP contribution in [0.4, 0.5) is 5.82 Å². The van der Waals surface area contributed by atoms with Gasteiger partial charge in [-0.1, -0.05) is 19.9 Å². The molecule has 1 saturated heterocycles. The fourth-order valence-electron chi connectivity index (χ4n) is 3.74. The molecule has 6 nitrogen and oxygen atoms in total. The fourth-order valence-corrected chi connectivity index (χ4v) is 3.74. The molecule has 132 valence electrons. The van der Waals surface area contributed by atoms with Gasteiger partial charge in [0.05, 0.1) is 5.56 Å². The van der Waals surface area contributed by atoms with E-state index in [0.717, 1.165) is 25.1 Å². The minimum Gasteiger partial charge on any atom is -0.355 e. The number of anilines is 1. The van der Waals surface area contributed by atoms with Gasteiger partial charge in [0.2, 0.25) is 0 Å². The van der Waals surface area contributed by atoms with Gasteiger partial charge in [-0.05, 0) is 42.9 Å². The quantitative estimate of drug-likeness (QED) is 0.780. The van der Waals surface area contributed by atoms with E-state index in [2.05, 4.69) is 18.7 Å². The highest BCUT2D eigenvalue weighted by Gasteiger charge is 2.26. The Balaban J connectivity index is 2.30. The molecule has 1 fully saturated rings. The van der Waals surface area contributed by atoms with E-state index < -0.39 is 0 Å². The summed E-state index contributed by atoms with van der Waals surface area (Å²) in [7, 11) is 0. The second-order valence-corrected chi connectivity index (χ2v) is 7.17. The second kappa shape index (κ2) is 7.01. The van der Waals surface area contributed by atoms with Gasteiger partial charge in [0.1, 0.15) is 29.2 Å². The van der Waals surface area contributed by atoms with Crippen molar-refractivity contribution in [2.75, 3.05) is 18.0 Å². The minimum atomic E-state index is -0.262. The Morgan fingerprint density at radius 3 is 2.54 bits per heavy atom. The molecule has 2 aromatic rings. The van der Waals surface area contributed by atoms with Gasteiger partial charge >= 0.3 is 0 Å². The van der Waals surface area contributed by atoms with Gasteiger partial charge in [-0.25, -0.2) is 4.98 Å². The molecule has 3 rings (SSSR count). The van der Waals surface area contributed by atoms with Crippen LogP contribution < -0.4 is 10.5 Å². The normalized spacial score (nSPS) is 19.7. The van der Waals surface area contributed by atoms with Crippen LogP contribution in [0.5, 0.6) is 0 Å². The number of aromatic nitrogens is 2. The Kier molecular flexibility index (Phi) is 4.77. The van der Waals surface area contributed by atoms with Gasteiger partial charge in [0.15, 0.2) is 0 Å². The lowest BCUT2D eigenvalue weighted by Gasteiger charge is -2.36. The van der Waals surface area contributed by atoms with E-state index >= 15 is 0 Å². The predicted octanol–water partition coefficient (Wildman–Crippen LogP) is 2.92. The molecule has 26 heavy (non-hydrogen) atoms. The highest BCUT2D eigenvalue weighted by atomic mass is 16.1. The van der Waals surface area contributed by atoms with Crippen molar-refractivity contribution in [2.24, 2.45) is 11.8 Å². The predicted molar refractivity (Wildman–Crippen MR) is 101 cm³/mol. The third kappa shape index (κ3) is 3.19. The standard InChI is InChI=1S/C20H21N5O/c1-13-7-14(2)12-24(11-13)19-17(8-16(9-21)10-22)20(26)25-6-4-5-15(3)18(25)23-19/h4-6,8,13-14H,7,11-12H2,1-3H3/t13-,14+. The largest absolute Gasteiger partial charge is 0.355 e. The van der Waals surface area contributed by atoms with Crippen molar-refractivity contribution in [3.8, 4) is 12.1 Å². The highest BCUT2D eigenvalue weighted by molar-refractivity contribution is 5.72. The third-order valence-electron chi connectivity index (χ3n) is 4.76. The molecule has 0 amide bonds. The maximum absolute atomic E-state index is 13.1. The van der Waals surface area contributed by atoms with Crippen LogP contribution in [0.25, 0.3) is 11.7 Å². The first-order chi connectivity index (χ1) is 12.4.